The maximum Gasteiger partial charge on any atom is 0.250 e. The number of rotatable bonds is 0. The van der Waals surface area contributed by atoms with Crippen molar-refractivity contribution in [3.63, 3.8) is 0 Å². The maximum atomic E-state index is 12.3. The Morgan fingerprint density at radius 2 is 2.06 bits per heavy atom. The molecule has 90 valence electrons. The molecule has 17 heavy (non-hydrogen) atoms. The molecule has 0 atom stereocenters. The Kier molecular flexibility index (Phi) is 2.33. The van der Waals surface area contributed by atoms with E-state index in [1.807, 2.05) is 19.2 Å². The van der Waals surface area contributed by atoms with Gasteiger partial charge in [0.05, 0.1) is 11.4 Å². The van der Waals surface area contributed by atoms with E-state index in [1.165, 1.54) is 0 Å². The fraction of sp³-hybridized carbons (Fsp3) is 0.462. The second-order valence-electron chi connectivity index (χ2n) is 4.91. The summed E-state index contributed by atoms with van der Waals surface area (Å²) in [6.45, 7) is 0. The van der Waals surface area contributed by atoms with Crippen molar-refractivity contribution < 1.29 is 4.79 Å². The number of nitrogens with zero attached hydrogens (tertiary/aromatic N) is 1. The predicted molar refractivity (Wildman–Crippen MR) is 69.7 cm³/mol. The largest absolute Gasteiger partial charge is 0.358 e. The fourth-order valence-electron chi connectivity index (χ4n) is 3.03. The van der Waals surface area contributed by atoms with E-state index in [1.54, 1.807) is 6.07 Å². The van der Waals surface area contributed by atoms with Crippen LogP contribution in [0.3, 0.4) is 0 Å². The summed E-state index contributed by atoms with van der Waals surface area (Å²) in [5, 5.41) is 3.72. The predicted octanol–water partition coefficient (Wildman–Crippen LogP) is 3.04. The molecule has 0 unspecified atom stereocenters. The number of hydrogen-bond acceptors (Lipinski definition) is 2. The van der Waals surface area contributed by atoms with Gasteiger partial charge in [0.15, 0.2) is 0 Å². The normalized spacial score (nSPS) is 21.5. The average Bonchev–Trinajstić information content (AvgIpc) is 2.79. The van der Waals surface area contributed by atoms with E-state index in [-0.39, 0.29) is 11.4 Å². The number of hydrogen-bond donors (Lipinski definition) is 1. The first-order chi connectivity index (χ1) is 8.13. The van der Waals surface area contributed by atoms with Crippen molar-refractivity contribution >= 4 is 28.9 Å². The minimum Gasteiger partial charge on any atom is -0.358 e. The van der Waals surface area contributed by atoms with E-state index in [0.717, 1.165) is 37.1 Å². The number of anilines is 2. The second kappa shape index (κ2) is 3.64. The van der Waals surface area contributed by atoms with Gasteiger partial charge in [0.2, 0.25) is 5.91 Å². The lowest BCUT2D eigenvalue weighted by Gasteiger charge is -2.43. The molecule has 1 N–H and O–H groups in total. The van der Waals surface area contributed by atoms with Gasteiger partial charge in [-0.2, -0.15) is 0 Å². The van der Waals surface area contributed by atoms with Crippen LogP contribution >= 0.6 is 11.6 Å². The number of fused-ring (bicyclic) bond motifs is 1. The van der Waals surface area contributed by atoms with E-state index >= 15 is 0 Å². The van der Waals surface area contributed by atoms with E-state index in [4.69, 9.17) is 11.6 Å². The molecule has 1 aliphatic carbocycles. The minimum absolute atomic E-state index is 0.132. The van der Waals surface area contributed by atoms with Crippen molar-refractivity contribution in [1.82, 2.24) is 0 Å². The highest BCUT2D eigenvalue weighted by molar-refractivity contribution is 6.31. The Morgan fingerprint density at radius 1 is 1.35 bits per heavy atom. The van der Waals surface area contributed by atoms with Crippen molar-refractivity contribution in [2.45, 2.75) is 31.2 Å². The molecule has 0 aromatic heterocycles. The highest BCUT2D eigenvalue weighted by Gasteiger charge is 2.47. The molecule has 1 aliphatic heterocycles. The summed E-state index contributed by atoms with van der Waals surface area (Å²) in [5.74, 6) is 0.132. The summed E-state index contributed by atoms with van der Waals surface area (Å²) in [6.07, 6.45) is 4.10. The highest BCUT2D eigenvalue weighted by atomic mass is 35.5. The number of amides is 1. The van der Waals surface area contributed by atoms with Gasteiger partial charge in [-0.3, -0.25) is 4.79 Å². The van der Waals surface area contributed by atoms with E-state index in [0.29, 0.717) is 5.02 Å². The molecule has 1 fully saturated rings. The zero-order valence-corrected chi connectivity index (χ0v) is 10.5. The highest BCUT2D eigenvalue weighted by Crippen LogP contribution is 2.44. The Morgan fingerprint density at radius 3 is 2.76 bits per heavy atom. The topological polar surface area (TPSA) is 32.3 Å². The quantitative estimate of drug-likeness (QED) is 0.768. The third kappa shape index (κ3) is 1.45. The lowest BCUT2D eigenvalue weighted by Crippen LogP contribution is -2.56. The van der Waals surface area contributed by atoms with Crippen molar-refractivity contribution in [2.24, 2.45) is 0 Å². The van der Waals surface area contributed by atoms with Crippen LogP contribution in [0.4, 0.5) is 11.4 Å². The van der Waals surface area contributed by atoms with Crippen LogP contribution in [-0.4, -0.2) is 18.5 Å². The van der Waals surface area contributed by atoms with Crippen LogP contribution in [0.2, 0.25) is 5.02 Å². The van der Waals surface area contributed by atoms with Crippen LogP contribution in [0.25, 0.3) is 0 Å². The van der Waals surface area contributed by atoms with E-state index in [2.05, 4.69) is 10.2 Å². The first-order valence-electron chi connectivity index (χ1n) is 5.98. The summed E-state index contributed by atoms with van der Waals surface area (Å²) < 4.78 is 0. The number of benzene rings is 1. The summed E-state index contributed by atoms with van der Waals surface area (Å²) in [4.78, 5) is 14.4. The molecular formula is C13H15ClN2O. The Balaban J connectivity index is 2.11. The minimum atomic E-state index is -0.350. The fourth-order valence-corrected chi connectivity index (χ4v) is 3.20. The summed E-state index contributed by atoms with van der Waals surface area (Å²) >= 11 is 6.03. The number of likely N-dealkylation sites (N-methyl/N-ethyl adjacent to an activating group) is 1. The van der Waals surface area contributed by atoms with Gasteiger partial charge in [-0.15, -0.1) is 0 Å². The zero-order valence-electron chi connectivity index (χ0n) is 9.79. The average molecular weight is 251 g/mol. The SMILES string of the molecule is CN1c2cc(Cl)ccc2NC(=O)C12CCCC2. The molecule has 1 amide bonds. The lowest BCUT2D eigenvalue weighted by molar-refractivity contribution is -0.121. The van der Waals surface area contributed by atoms with Crippen molar-refractivity contribution in [2.75, 3.05) is 17.3 Å². The third-order valence-electron chi connectivity index (χ3n) is 4.06. The van der Waals surface area contributed by atoms with Gasteiger partial charge in [0, 0.05) is 12.1 Å². The molecule has 2 aliphatic rings. The summed E-state index contributed by atoms with van der Waals surface area (Å²) in [6, 6.07) is 5.60. The zero-order chi connectivity index (χ0) is 12.0. The summed E-state index contributed by atoms with van der Waals surface area (Å²) in [5.41, 5.74) is 1.54. The van der Waals surface area contributed by atoms with Gasteiger partial charge in [-0.25, -0.2) is 0 Å². The molecule has 1 aromatic carbocycles. The molecule has 1 heterocycles. The summed E-state index contributed by atoms with van der Waals surface area (Å²) in [7, 11) is 2.00. The number of halogens is 1. The third-order valence-corrected chi connectivity index (χ3v) is 4.30. The Labute approximate surface area is 106 Å². The smallest absolute Gasteiger partial charge is 0.250 e. The molecule has 0 saturated heterocycles. The van der Waals surface area contributed by atoms with Crippen LogP contribution in [0.15, 0.2) is 18.2 Å². The van der Waals surface area contributed by atoms with Crippen LogP contribution in [-0.2, 0) is 4.79 Å². The van der Waals surface area contributed by atoms with Crippen molar-refractivity contribution in [1.29, 1.82) is 0 Å². The molecule has 3 rings (SSSR count). The Bertz CT molecular complexity index is 480. The van der Waals surface area contributed by atoms with Crippen molar-refractivity contribution in [3.05, 3.63) is 23.2 Å². The van der Waals surface area contributed by atoms with Gasteiger partial charge < -0.3 is 10.2 Å². The molecule has 3 nitrogen and oxygen atoms in total. The monoisotopic (exact) mass is 250 g/mol. The second-order valence-corrected chi connectivity index (χ2v) is 5.35. The van der Waals surface area contributed by atoms with Gasteiger partial charge >= 0.3 is 0 Å². The molecule has 1 aromatic rings. The molecule has 0 bridgehead atoms. The lowest BCUT2D eigenvalue weighted by atomic mass is 9.91. The molecular weight excluding hydrogens is 236 g/mol. The molecule has 0 radical (unpaired) electrons. The van der Waals surface area contributed by atoms with Gasteiger partial charge in [-0.05, 0) is 31.0 Å². The van der Waals surface area contributed by atoms with Crippen LogP contribution < -0.4 is 10.2 Å². The Hall–Kier alpha value is -1.22. The van der Waals surface area contributed by atoms with Crippen LogP contribution in [0.5, 0.6) is 0 Å². The number of carbonyl (C=O) groups excluding carboxylic acids is 1. The first kappa shape index (κ1) is 10.9. The van der Waals surface area contributed by atoms with Gasteiger partial charge in [0.25, 0.3) is 0 Å². The van der Waals surface area contributed by atoms with Gasteiger partial charge in [0.1, 0.15) is 5.54 Å². The maximum absolute atomic E-state index is 12.3. The number of nitrogens with one attached hydrogen (secondary N) is 1. The van der Waals surface area contributed by atoms with E-state index < -0.39 is 0 Å². The number of carbonyl (C=O) groups is 1. The van der Waals surface area contributed by atoms with Crippen LogP contribution in [0, 0.1) is 0 Å². The molecule has 1 spiro atoms. The van der Waals surface area contributed by atoms with Crippen LogP contribution in [0.1, 0.15) is 25.7 Å². The first-order valence-corrected chi connectivity index (χ1v) is 6.36. The van der Waals surface area contributed by atoms with Gasteiger partial charge in [-0.1, -0.05) is 24.4 Å². The van der Waals surface area contributed by atoms with E-state index in [9.17, 15) is 4.79 Å². The van der Waals surface area contributed by atoms with Crippen molar-refractivity contribution in [3.8, 4) is 0 Å². The molecule has 1 saturated carbocycles. The standard InChI is InChI=1S/C13H15ClN2O/c1-16-11-8-9(14)4-5-10(11)15-12(17)13(16)6-2-3-7-13/h4-5,8H,2-3,6-7H2,1H3,(H,15,17). The molecule has 4 heteroatoms.